The highest BCUT2D eigenvalue weighted by Gasteiger charge is 2.05. The van der Waals surface area contributed by atoms with Crippen molar-refractivity contribution >= 4 is 9.24 Å². The van der Waals surface area contributed by atoms with Crippen molar-refractivity contribution in [3.8, 4) is 0 Å². The molecule has 1 nitrogen and oxygen atoms in total. The Labute approximate surface area is 76.8 Å². The Hall–Kier alpha value is -0.390. The van der Waals surface area contributed by atoms with Crippen molar-refractivity contribution in [3.05, 3.63) is 35.4 Å². The monoisotopic (exact) mass is 181 g/mol. The molecule has 1 aromatic carbocycles. The minimum Gasteiger partial charge on any atom is -0.312 e. The summed E-state index contributed by atoms with van der Waals surface area (Å²) < 4.78 is 0. The van der Waals surface area contributed by atoms with Gasteiger partial charge in [0.15, 0.2) is 0 Å². The van der Waals surface area contributed by atoms with Gasteiger partial charge in [0.25, 0.3) is 0 Å². The third-order valence-electron chi connectivity index (χ3n) is 2.00. The van der Waals surface area contributed by atoms with Crippen LogP contribution in [0.5, 0.6) is 0 Å². The molecule has 0 fully saturated rings. The van der Waals surface area contributed by atoms with E-state index in [1.165, 1.54) is 17.5 Å². The van der Waals surface area contributed by atoms with E-state index in [0.29, 0.717) is 0 Å². The number of hydrogen-bond donors (Lipinski definition) is 1. The predicted molar refractivity (Wildman–Crippen MR) is 57.5 cm³/mol. The molecule has 1 N–H and O–H groups in total. The van der Waals surface area contributed by atoms with Crippen molar-refractivity contribution in [1.29, 1.82) is 0 Å². The molecule has 0 amide bonds. The zero-order valence-electron chi connectivity index (χ0n) is 7.51. The van der Waals surface area contributed by atoms with E-state index < -0.39 is 0 Å². The van der Waals surface area contributed by atoms with Crippen LogP contribution in [0, 0.1) is 0 Å². The van der Waals surface area contributed by atoms with Crippen LogP contribution in [0.1, 0.15) is 11.1 Å². The van der Waals surface area contributed by atoms with Gasteiger partial charge in [-0.05, 0) is 24.1 Å². The molecule has 0 saturated carbocycles. The first-order chi connectivity index (χ1) is 5.97. The highest BCUT2D eigenvalue weighted by Crippen LogP contribution is 2.11. The van der Waals surface area contributed by atoms with Gasteiger partial charge in [0.1, 0.15) is 0 Å². The Morgan fingerprint density at radius 1 is 1.17 bits per heavy atom. The molecule has 0 saturated heterocycles. The van der Waals surface area contributed by atoms with E-state index in [4.69, 9.17) is 0 Å². The molecule has 0 bridgehead atoms. The molecule has 1 unspecified atom stereocenters. The molecular formula is C10H16NP. The molecule has 1 aromatic rings. The van der Waals surface area contributed by atoms with Crippen LogP contribution in [0.3, 0.4) is 0 Å². The first-order valence-electron chi connectivity index (χ1n) is 4.32. The van der Waals surface area contributed by atoms with E-state index in [1.54, 1.807) is 0 Å². The lowest BCUT2D eigenvalue weighted by atomic mass is 10.0. The van der Waals surface area contributed by atoms with Gasteiger partial charge in [-0.2, -0.15) is 0 Å². The van der Waals surface area contributed by atoms with Crippen LogP contribution in [0.15, 0.2) is 24.3 Å². The average Bonchev–Trinajstić information content (AvgIpc) is 2.21. The van der Waals surface area contributed by atoms with Gasteiger partial charge in [0, 0.05) is 6.54 Å². The second-order valence-corrected chi connectivity index (χ2v) is 2.70. The number of hydrogen-bond acceptors (Lipinski definition) is 1. The molecule has 2 heteroatoms. The van der Waals surface area contributed by atoms with Crippen LogP contribution in [0.4, 0.5) is 0 Å². The number of fused-ring (bicyclic) bond motifs is 1. The first kappa shape index (κ1) is 9.70. The van der Waals surface area contributed by atoms with E-state index in [2.05, 4.69) is 38.8 Å². The van der Waals surface area contributed by atoms with Gasteiger partial charge < -0.3 is 5.32 Å². The zero-order chi connectivity index (χ0) is 8.81. The lowest BCUT2D eigenvalue weighted by molar-refractivity contribution is 0.644. The summed E-state index contributed by atoms with van der Waals surface area (Å²) in [5, 5.41) is 3.34. The standard InChI is InChI=1S/C9H11N.CH5P/c1-2-4-9-7-10-6-5-8(9)3-1;1-2/h1-4,10H,5-7H2;2H2,1H3. The maximum Gasteiger partial charge on any atom is 0.0208 e. The maximum atomic E-state index is 3.34. The van der Waals surface area contributed by atoms with E-state index in [9.17, 15) is 0 Å². The predicted octanol–water partition coefficient (Wildman–Crippen LogP) is 1.82. The summed E-state index contributed by atoms with van der Waals surface area (Å²) in [5.74, 6) is 0. The van der Waals surface area contributed by atoms with Crippen molar-refractivity contribution in [1.82, 2.24) is 5.32 Å². The van der Waals surface area contributed by atoms with Crippen molar-refractivity contribution in [2.24, 2.45) is 0 Å². The fourth-order valence-corrected chi connectivity index (χ4v) is 1.42. The summed E-state index contributed by atoms with van der Waals surface area (Å²) in [6, 6.07) is 8.63. The van der Waals surface area contributed by atoms with Gasteiger partial charge in [-0.15, -0.1) is 9.24 Å². The highest BCUT2D eigenvalue weighted by atomic mass is 31.0. The fourth-order valence-electron chi connectivity index (χ4n) is 1.42. The minimum absolute atomic E-state index is 1.05. The molecule has 1 heterocycles. The first-order valence-corrected chi connectivity index (χ1v) is 5.47. The summed E-state index contributed by atoms with van der Waals surface area (Å²) >= 11 is 0. The van der Waals surface area contributed by atoms with Crippen molar-refractivity contribution in [2.45, 2.75) is 13.0 Å². The maximum absolute atomic E-state index is 3.34. The molecule has 1 aliphatic rings. The zero-order valence-corrected chi connectivity index (χ0v) is 8.66. The summed E-state index contributed by atoms with van der Waals surface area (Å²) in [4.78, 5) is 0. The van der Waals surface area contributed by atoms with Crippen LogP contribution in [-0.4, -0.2) is 13.2 Å². The topological polar surface area (TPSA) is 12.0 Å². The summed E-state index contributed by atoms with van der Waals surface area (Å²) in [7, 11) is 2.42. The third kappa shape index (κ3) is 2.30. The van der Waals surface area contributed by atoms with Gasteiger partial charge in [0.2, 0.25) is 0 Å². The van der Waals surface area contributed by atoms with Crippen LogP contribution < -0.4 is 5.32 Å². The highest BCUT2D eigenvalue weighted by molar-refractivity contribution is 7.15. The molecular weight excluding hydrogens is 165 g/mol. The van der Waals surface area contributed by atoms with Gasteiger partial charge >= 0.3 is 0 Å². The third-order valence-corrected chi connectivity index (χ3v) is 2.00. The van der Waals surface area contributed by atoms with Crippen molar-refractivity contribution in [3.63, 3.8) is 0 Å². The van der Waals surface area contributed by atoms with Gasteiger partial charge in [-0.3, -0.25) is 0 Å². The minimum atomic E-state index is 1.05. The number of benzene rings is 1. The van der Waals surface area contributed by atoms with Gasteiger partial charge in [-0.25, -0.2) is 0 Å². The Morgan fingerprint density at radius 2 is 1.83 bits per heavy atom. The Balaban J connectivity index is 0.000000336. The van der Waals surface area contributed by atoms with Gasteiger partial charge in [-0.1, -0.05) is 30.9 Å². The Morgan fingerprint density at radius 3 is 2.50 bits per heavy atom. The van der Waals surface area contributed by atoms with Crippen molar-refractivity contribution in [2.75, 3.05) is 13.2 Å². The quantitative estimate of drug-likeness (QED) is 0.602. The largest absolute Gasteiger partial charge is 0.312 e. The van der Waals surface area contributed by atoms with Gasteiger partial charge in [0.05, 0.1) is 0 Å². The summed E-state index contributed by atoms with van der Waals surface area (Å²) in [6.07, 6.45) is 1.19. The van der Waals surface area contributed by atoms with E-state index in [-0.39, 0.29) is 0 Å². The Bertz CT molecular complexity index is 210. The second kappa shape index (κ2) is 5.29. The number of nitrogens with one attached hydrogen (secondary N) is 1. The van der Waals surface area contributed by atoms with Crippen molar-refractivity contribution < 1.29 is 0 Å². The van der Waals surface area contributed by atoms with Crippen LogP contribution in [-0.2, 0) is 13.0 Å². The Kier molecular flexibility index (Phi) is 4.27. The lowest BCUT2D eigenvalue weighted by Gasteiger charge is -2.15. The normalized spacial score (nSPS) is 14.2. The second-order valence-electron chi connectivity index (χ2n) is 2.70. The SMILES string of the molecule is CP.c1ccc2c(c1)CCNC2. The molecule has 1 aliphatic heterocycles. The fraction of sp³-hybridized carbons (Fsp3) is 0.400. The summed E-state index contributed by atoms with van der Waals surface area (Å²) in [6.45, 7) is 4.10. The smallest absolute Gasteiger partial charge is 0.0208 e. The molecule has 0 spiro atoms. The molecule has 0 aromatic heterocycles. The number of rotatable bonds is 0. The van der Waals surface area contributed by atoms with Crippen LogP contribution >= 0.6 is 9.24 Å². The lowest BCUT2D eigenvalue weighted by Crippen LogP contribution is -2.23. The molecule has 66 valence electrons. The van der Waals surface area contributed by atoms with E-state index in [1.807, 2.05) is 6.66 Å². The van der Waals surface area contributed by atoms with Crippen LogP contribution in [0.25, 0.3) is 0 Å². The average molecular weight is 181 g/mol. The molecule has 1 atom stereocenters. The van der Waals surface area contributed by atoms with Crippen LogP contribution in [0.2, 0.25) is 0 Å². The summed E-state index contributed by atoms with van der Waals surface area (Å²) in [5.41, 5.74) is 2.98. The van der Waals surface area contributed by atoms with E-state index >= 15 is 0 Å². The van der Waals surface area contributed by atoms with E-state index in [0.717, 1.165) is 13.1 Å². The molecule has 0 radical (unpaired) electrons. The molecule has 2 rings (SSSR count). The molecule has 0 aliphatic carbocycles. The molecule has 12 heavy (non-hydrogen) atoms.